The second-order valence-corrected chi connectivity index (χ2v) is 8.92. The van der Waals surface area contributed by atoms with E-state index in [2.05, 4.69) is 15.3 Å². The van der Waals surface area contributed by atoms with Crippen molar-refractivity contribution >= 4 is 5.82 Å². The molecule has 0 radical (unpaired) electrons. The van der Waals surface area contributed by atoms with Crippen LogP contribution < -0.4 is 16.4 Å². The number of nitrogens with one attached hydrogen (secondary N) is 1. The smallest absolute Gasteiger partial charge is 0.395 e. The Bertz CT molecular complexity index is 1570. The molecule has 0 amide bonds. The zero-order valence-electron chi connectivity index (χ0n) is 20.3. The Labute approximate surface area is 210 Å². The minimum absolute atomic E-state index is 0.145. The van der Waals surface area contributed by atoms with Crippen LogP contribution in [-0.2, 0) is 19.3 Å². The number of nitrogens with zero attached hydrogens (tertiary/aromatic N) is 5. The van der Waals surface area contributed by atoms with Gasteiger partial charge in [-0.15, -0.1) is 0 Å². The molecule has 0 unspecified atom stereocenters. The molecule has 2 aromatic rings. The van der Waals surface area contributed by atoms with E-state index in [1.807, 2.05) is 10.6 Å². The van der Waals surface area contributed by atoms with Gasteiger partial charge in [-0.25, -0.2) is 9.97 Å². The van der Waals surface area contributed by atoms with Crippen molar-refractivity contribution in [1.82, 2.24) is 19.1 Å². The van der Waals surface area contributed by atoms with Gasteiger partial charge in [0.05, 0.1) is 23.8 Å². The van der Waals surface area contributed by atoms with Gasteiger partial charge in [0.1, 0.15) is 17.5 Å². The van der Waals surface area contributed by atoms with Crippen LogP contribution in [0.4, 0.5) is 19.0 Å². The first kappa shape index (κ1) is 24.7. The van der Waals surface area contributed by atoms with E-state index in [1.165, 1.54) is 16.7 Å². The Morgan fingerprint density at radius 1 is 1.16 bits per heavy atom. The van der Waals surface area contributed by atoms with Crippen LogP contribution in [-0.4, -0.2) is 37.4 Å². The summed E-state index contributed by atoms with van der Waals surface area (Å²) in [5.41, 5.74) is 1.88. The van der Waals surface area contributed by atoms with Gasteiger partial charge < -0.3 is 19.6 Å². The van der Waals surface area contributed by atoms with Gasteiger partial charge in [-0.1, -0.05) is 12.1 Å². The lowest BCUT2D eigenvalue weighted by Crippen LogP contribution is -2.22. The lowest BCUT2D eigenvalue weighted by molar-refractivity contribution is -0.137. The number of halogens is 3. The third-order valence-corrected chi connectivity index (χ3v) is 6.37. The fourth-order valence-electron chi connectivity index (χ4n) is 4.56. The van der Waals surface area contributed by atoms with Crippen LogP contribution in [0.2, 0.25) is 0 Å². The van der Waals surface area contributed by atoms with Crippen molar-refractivity contribution in [2.45, 2.75) is 39.2 Å². The maximum absolute atomic E-state index is 13.3. The van der Waals surface area contributed by atoms with Gasteiger partial charge in [-0.2, -0.15) is 13.2 Å². The maximum Gasteiger partial charge on any atom is 0.416 e. The van der Waals surface area contributed by atoms with Gasteiger partial charge in [0, 0.05) is 37.5 Å². The predicted octanol–water partition coefficient (Wildman–Crippen LogP) is 3.62. The van der Waals surface area contributed by atoms with E-state index in [1.54, 1.807) is 32.2 Å². The number of fused-ring (bicyclic) bond motifs is 3. The molecule has 0 fully saturated rings. The summed E-state index contributed by atoms with van der Waals surface area (Å²) in [6.45, 7) is 4.84. The summed E-state index contributed by atoms with van der Waals surface area (Å²) in [6.07, 6.45) is -2.81. The number of hydrogen-bond acceptors (Lipinski definition) is 6. The number of anilines is 1. The number of aliphatic hydroxyl groups excluding tert-OH is 1. The number of aliphatic hydroxyl groups is 1. The lowest BCUT2D eigenvalue weighted by atomic mass is 10.0. The molecule has 11 heteroatoms. The molecule has 0 saturated heterocycles. The van der Waals surface area contributed by atoms with Gasteiger partial charge in [0.15, 0.2) is 5.49 Å². The van der Waals surface area contributed by atoms with E-state index in [4.69, 9.17) is 4.99 Å². The molecule has 4 heterocycles. The summed E-state index contributed by atoms with van der Waals surface area (Å²) in [6, 6.07) is 9.71. The van der Waals surface area contributed by atoms with Crippen molar-refractivity contribution in [3.63, 3.8) is 0 Å². The number of aromatic nitrogens is 4. The number of benzene rings is 1. The standard InChI is InChI=1S/C26H25F3N6O2/c1-15(17-4-3-5-19(12-17)26(27,28)29)31-23-21-14-20(18-6-8-34(10-11-36)22(37)13-18)24-30-7-9-35(24)25(21)33-16(2)32-23/h3-6,8,12-15,30,36H,7,9-11H2,1-2H3/t15-/m1/s1. The second-order valence-electron chi connectivity index (χ2n) is 8.92. The van der Waals surface area contributed by atoms with Crippen LogP contribution in [0.5, 0.6) is 0 Å². The zero-order valence-corrected chi connectivity index (χ0v) is 20.3. The quantitative estimate of drug-likeness (QED) is 0.428. The molecular weight excluding hydrogens is 485 g/mol. The molecule has 3 aliphatic heterocycles. The number of rotatable bonds is 5. The van der Waals surface area contributed by atoms with Gasteiger partial charge in [-0.3, -0.25) is 9.79 Å². The van der Waals surface area contributed by atoms with Crippen molar-refractivity contribution in [3.8, 4) is 22.5 Å². The summed E-state index contributed by atoms with van der Waals surface area (Å²) in [5, 5.41) is 12.5. The molecule has 1 aromatic heterocycles. The highest BCUT2D eigenvalue weighted by Gasteiger charge is 2.31. The Kier molecular flexibility index (Phi) is 6.32. The zero-order chi connectivity index (χ0) is 26.3. The SMILES string of the molecule is Cc1nc2n3c(c(-c4ccn(CCO)c(=O)c4)cc-2c(=N[C@H](C)c2cccc(C(F)(F)F)c2)n1)NCC3. The fourth-order valence-corrected chi connectivity index (χ4v) is 4.56. The van der Waals surface area contributed by atoms with Gasteiger partial charge in [-0.05, 0) is 49.2 Å². The van der Waals surface area contributed by atoms with Crippen LogP contribution in [0.25, 0.3) is 22.5 Å². The number of alkyl halides is 3. The normalized spacial score (nSPS) is 14.6. The number of hydrogen-bond donors (Lipinski definition) is 2. The maximum atomic E-state index is 13.3. The van der Waals surface area contributed by atoms with Gasteiger partial charge in [0.25, 0.3) is 5.56 Å². The van der Waals surface area contributed by atoms with E-state index in [0.717, 1.165) is 23.5 Å². The van der Waals surface area contributed by atoms with Crippen LogP contribution >= 0.6 is 0 Å². The molecule has 2 N–H and O–H groups in total. The monoisotopic (exact) mass is 510 g/mol. The molecule has 1 atom stereocenters. The van der Waals surface area contributed by atoms with E-state index >= 15 is 0 Å². The molecular formula is C26H25F3N6O2. The molecule has 0 aliphatic carbocycles. The van der Waals surface area contributed by atoms with E-state index in [0.29, 0.717) is 46.9 Å². The number of aryl methyl sites for hydroxylation is 1. The Hall–Kier alpha value is -3.99. The molecule has 8 nitrogen and oxygen atoms in total. The van der Waals surface area contributed by atoms with Crippen molar-refractivity contribution in [3.05, 3.63) is 81.5 Å². The van der Waals surface area contributed by atoms with E-state index < -0.39 is 17.8 Å². The highest BCUT2D eigenvalue weighted by molar-refractivity contribution is 5.82. The first-order valence-electron chi connectivity index (χ1n) is 11.8. The van der Waals surface area contributed by atoms with Gasteiger partial charge >= 0.3 is 6.18 Å². The Morgan fingerprint density at radius 3 is 2.70 bits per heavy atom. The summed E-state index contributed by atoms with van der Waals surface area (Å²) in [5.74, 6) is 1.95. The first-order chi connectivity index (χ1) is 17.7. The minimum Gasteiger partial charge on any atom is -0.395 e. The molecule has 0 saturated carbocycles. The molecule has 37 heavy (non-hydrogen) atoms. The highest BCUT2D eigenvalue weighted by atomic mass is 19.4. The van der Waals surface area contributed by atoms with Crippen molar-refractivity contribution < 1.29 is 18.3 Å². The summed E-state index contributed by atoms with van der Waals surface area (Å²) in [7, 11) is 0. The topological polar surface area (TPSA) is 97.3 Å². The van der Waals surface area contributed by atoms with Gasteiger partial charge in [0.2, 0.25) is 0 Å². The molecule has 192 valence electrons. The van der Waals surface area contributed by atoms with Crippen LogP contribution in [0, 0.1) is 6.92 Å². The second kappa shape index (κ2) is 9.47. The fraction of sp³-hybridized carbons (Fsp3) is 0.308. The lowest BCUT2D eigenvalue weighted by Gasteiger charge is -2.18. The Balaban J connectivity index is 1.68. The first-order valence-corrected chi connectivity index (χ1v) is 11.8. The summed E-state index contributed by atoms with van der Waals surface area (Å²) >= 11 is 0. The molecule has 0 spiro atoms. The third-order valence-electron chi connectivity index (χ3n) is 6.37. The predicted molar refractivity (Wildman–Crippen MR) is 132 cm³/mol. The third kappa shape index (κ3) is 4.74. The highest BCUT2D eigenvalue weighted by Crippen LogP contribution is 2.36. The van der Waals surface area contributed by atoms with Crippen LogP contribution in [0.3, 0.4) is 0 Å². The van der Waals surface area contributed by atoms with E-state index in [9.17, 15) is 23.1 Å². The largest absolute Gasteiger partial charge is 0.416 e. The molecule has 3 aliphatic rings. The number of pyridine rings is 2. The Morgan fingerprint density at radius 2 is 1.97 bits per heavy atom. The van der Waals surface area contributed by atoms with Crippen LogP contribution in [0.15, 0.2) is 58.4 Å². The minimum atomic E-state index is -4.45. The van der Waals surface area contributed by atoms with Crippen molar-refractivity contribution in [2.75, 3.05) is 18.5 Å². The average molecular weight is 511 g/mol. The molecule has 0 bridgehead atoms. The molecule has 5 rings (SSSR count). The van der Waals surface area contributed by atoms with Crippen molar-refractivity contribution in [2.24, 2.45) is 4.99 Å². The van der Waals surface area contributed by atoms with Crippen LogP contribution in [0.1, 0.15) is 29.9 Å². The average Bonchev–Trinajstić information content (AvgIpc) is 3.35. The summed E-state index contributed by atoms with van der Waals surface area (Å²) in [4.78, 5) is 26.5. The summed E-state index contributed by atoms with van der Waals surface area (Å²) < 4.78 is 43.2. The molecule has 1 aromatic carbocycles. The van der Waals surface area contributed by atoms with Crippen molar-refractivity contribution in [1.29, 1.82) is 0 Å². The van der Waals surface area contributed by atoms with E-state index in [-0.39, 0.29) is 18.7 Å².